The van der Waals surface area contributed by atoms with Gasteiger partial charge >= 0.3 is 0 Å². The van der Waals surface area contributed by atoms with Crippen molar-refractivity contribution in [3.8, 4) is 0 Å². The van der Waals surface area contributed by atoms with Crippen LogP contribution in [0.4, 0.5) is 0 Å². The van der Waals surface area contributed by atoms with Gasteiger partial charge in [0.15, 0.2) is 0 Å². The summed E-state index contributed by atoms with van der Waals surface area (Å²) in [5, 5.41) is 10.5. The van der Waals surface area contributed by atoms with E-state index in [0.29, 0.717) is 5.92 Å². The monoisotopic (exact) mass is 558 g/mol. The summed E-state index contributed by atoms with van der Waals surface area (Å²) < 4.78 is 5.60. The minimum atomic E-state index is -0.0406. The second kappa shape index (κ2) is 9.12. The maximum Gasteiger partial charge on any atom is 0.276 e. The highest BCUT2D eigenvalue weighted by atomic mass is 79.9. The van der Waals surface area contributed by atoms with Crippen LogP contribution < -0.4 is 5.56 Å². The second-order valence-electron chi connectivity index (χ2n) is 9.63. The lowest BCUT2D eigenvalue weighted by Crippen LogP contribution is -2.20. The van der Waals surface area contributed by atoms with Crippen LogP contribution in [0.3, 0.4) is 0 Å². The van der Waals surface area contributed by atoms with E-state index in [9.17, 15) is 4.79 Å². The molecule has 1 aliphatic rings. The summed E-state index contributed by atoms with van der Waals surface area (Å²) in [6.45, 7) is 4.25. The summed E-state index contributed by atoms with van der Waals surface area (Å²) in [6.07, 6.45) is 3.02. The molecule has 182 valence electrons. The molecular weight excluding hydrogens is 532 g/mol. The van der Waals surface area contributed by atoms with Crippen molar-refractivity contribution in [1.29, 1.82) is 0 Å². The van der Waals surface area contributed by atoms with Gasteiger partial charge in [-0.25, -0.2) is 4.68 Å². The minimum absolute atomic E-state index is 0.0105. The third-order valence-electron chi connectivity index (χ3n) is 7.17. The summed E-state index contributed by atoms with van der Waals surface area (Å²) in [6, 6.07) is 21.1. The van der Waals surface area contributed by atoms with Crippen LogP contribution in [0.15, 0.2) is 69.9 Å². The van der Waals surface area contributed by atoms with Gasteiger partial charge < -0.3 is 0 Å². The number of hydrogen-bond acceptors (Lipinski definition) is 4. The van der Waals surface area contributed by atoms with Crippen molar-refractivity contribution in [3.05, 3.63) is 114 Å². The van der Waals surface area contributed by atoms with Gasteiger partial charge in [-0.3, -0.25) is 9.48 Å². The van der Waals surface area contributed by atoms with Crippen molar-refractivity contribution < 1.29 is 0 Å². The van der Waals surface area contributed by atoms with Crippen LogP contribution in [0.5, 0.6) is 0 Å². The first-order valence-electron chi connectivity index (χ1n) is 12.3. The van der Waals surface area contributed by atoms with E-state index in [2.05, 4.69) is 88.1 Å². The summed E-state index contributed by atoms with van der Waals surface area (Å²) in [7, 11) is 1.75. The Hall–Kier alpha value is -3.03. The van der Waals surface area contributed by atoms with Gasteiger partial charge in [0.1, 0.15) is 6.04 Å². The topological polar surface area (TPSA) is 52.7 Å². The van der Waals surface area contributed by atoms with Crippen molar-refractivity contribution in [1.82, 2.24) is 19.6 Å². The average molecular weight is 560 g/mol. The Balaban J connectivity index is 1.46. The lowest BCUT2D eigenvalue weighted by atomic mass is 9.98. The molecule has 0 unspecified atom stereocenters. The SMILES string of the molecule is Cc1nn(C(c2ccccc2)c2ccccc2)c(C)c1Cc1sc2c(C3CC3)nn(C)c(=O)c2c1Br. The van der Waals surface area contributed by atoms with Gasteiger partial charge in [-0.1, -0.05) is 60.7 Å². The zero-order valence-corrected chi connectivity index (χ0v) is 22.9. The Labute approximate surface area is 222 Å². The molecule has 0 bridgehead atoms. The lowest BCUT2D eigenvalue weighted by Gasteiger charge is -2.21. The van der Waals surface area contributed by atoms with Crippen molar-refractivity contribution in [2.45, 2.75) is 45.1 Å². The maximum atomic E-state index is 13.0. The van der Waals surface area contributed by atoms with Crippen molar-refractivity contribution in [2.24, 2.45) is 7.05 Å². The van der Waals surface area contributed by atoms with E-state index < -0.39 is 0 Å². The number of aryl methyl sites for hydroxylation is 2. The molecule has 36 heavy (non-hydrogen) atoms. The van der Waals surface area contributed by atoms with E-state index in [-0.39, 0.29) is 11.6 Å². The fourth-order valence-corrected chi connectivity index (χ4v) is 7.23. The molecule has 0 amide bonds. The Kier molecular flexibility index (Phi) is 5.92. The van der Waals surface area contributed by atoms with Gasteiger partial charge in [-0.15, -0.1) is 11.3 Å². The highest BCUT2D eigenvalue weighted by Gasteiger charge is 2.31. The van der Waals surface area contributed by atoms with Gasteiger partial charge in [0.2, 0.25) is 0 Å². The summed E-state index contributed by atoms with van der Waals surface area (Å²) in [5.74, 6) is 0.474. The van der Waals surface area contributed by atoms with E-state index >= 15 is 0 Å². The van der Waals surface area contributed by atoms with Crippen molar-refractivity contribution in [3.63, 3.8) is 0 Å². The molecule has 1 aliphatic carbocycles. The smallest absolute Gasteiger partial charge is 0.267 e. The third-order valence-corrected chi connectivity index (χ3v) is 9.52. The zero-order valence-electron chi connectivity index (χ0n) is 20.5. The normalized spacial score (nSPS) is 13.7. The van der Waals surface area contributed by atoms with Crippen LogP contribution in [0.2, 0.25) is 0 Å². The van der Waals surface area contributed by atoms with Gasteiger partial charge in [0.05, 0.1) is 21.5 Å². The van der Waals surface area contributed by atoms with Crippen LogP contribution >= 0.6 is 27.3 Å². The van der Waals surface area contributed by atoms with E-state index in [1.807, 2.05) is 12.1 Å². The number of nitrogens with zero attached hydrogens (tertiary/aromatic N) is 4. The fourth-order valence-electron chi connectivity index (χ4n) is 5.09. The molecular formula is C29H27BrN4OS. The van der Waals surface area contributed by atoms with Crippen LogP contribution in [-0.4, -0.2) is 19.6 Å². The average Bonchev–Trinajstić information content (AvgIpc) is 3.63. The Morgan fingerprint density at radius 1 is 1.00 bits per heavy atom. The summed E-state index contributed by atoms with van der Waals surface area (Å²) >= 11 is 5.50. The number of rotatable bonds is 6. The minimum Gasteiger partial charge on any atom is -0.267 e. The first kappa shape index (κ1) is 23.4. The fraction of sp³-hybridized carbons (Fsp3) is 0.276. The summed E-state index contributed by atoms with van der Waals surface area (Å²) in [4.78, 5) is 14.2. The molecule has 5 nitrogen and oxygen atoms in total. The molecule has 1 saturated carbocycles. The number of thiophene rings is 1. The predicted octanol–water partition coefficient (Wildman–Crippen LogP) is 6.68. The van der Waals surface area contributed by atoms with E-state index in [4.69, 9.17) is 5.10 Å². The Morgan fingerprint density at radius 2 is 1.61 bits per heavy atom. The number of halogens is 1. The molecule has 3 heterocycles. The molecule has 0 spiro atoms. The molecule has 2 aromatic carbocycles. The van der Waals surface area contributed by atoms with Crippen LogP contribution in [-0.2, 0) is 13.5 Å². The first-order chi connectivity index (χ1) is 17.4. The maximum absolute atomic E-state index is 13.0. The third kappa shape index (κ3) is 3.95. The molecule has 0 radical (unpaired) electrons. The number of aromatic nitrogens is 4. The highest BCUT2D eigenvalue weighted by molar-refractivity contribution is 9.10. The summed E-state index contributed by atoms with van der Waals surface area (Å²) in [5.41, 5.74) is 6.80. The van der Waals surface area contributed by atoms with Crippen molar-refractivity contribution >= 4 is 37.4 Å². The van der Waals surface area contributed by atoms with Crippen LogP contribution in [0.1, 0.15) is 63.5 Å². The van der Waals surface area contributed by atoms with Gasteiger partial charge in [0.25, 0.3) is 5.56 Å². The Bertz CT molecular complexity index is 1590. The molecule has 3 aromatic heterocycles. The van der Waals surface area contributed by atoms with Gasteiger partial charge in [-0.2, -0.15) is 10.2 Å². The quantitative estimate of drug-likeness (QED) is 0.233. The van der Waals surface area contributed by atoms with Crippen LogP contribution in [0, 0.1) is 13.8 Å². The highest BCUT2D eigenvalue weighted by Crippen LogP contribution is 2.46. The number of fused-ring (bicyclic) bond motifs is 1. The Morgan fingerprint density at radius 3 is 2.19 bits per heavy atom. The molecule has 0 N–H and O–H groups in total. The lowest BCUT2D eigenvalue weighted by molar-refractivity contribution is 0.575. The molecule has 1 fully saturated rings. The van der Waals surface area contributed by atoms with E-state index in [0.717, 1.165) is 55.8 Å². The first-order valence-corrected chi connectivity index (χ1v) is 13.9. The van der Waals surface area contributed by atoms with E-state index in [1.54, 1.807) is 18.4 Å². The predicted molar refractivity (Wildman–Crippen MR) is 149 cm³/mol. The van der Waals surface area contributed by atoms with Crippen molar-refractivity contribution in [2.75, 3.05) is 0 Å². The zero-order chi connectivity index (χ0) is 25.0. The van der Waals surface area contributed by atoms with Gasteiger partial charge in [0, 0.05) is 40.0 Å². The second-order valence-corrected chi connectivity index (χ2v) is 11.5. The molecule has 7 heteroatoms. The number of hydrogen-bond donors (Lipinski definition) is 0. The number of benzene rings is 2. The standard InChI is InChI=1S/C29H27BrN4OS/c1-17-22(16-23-25(30)24-28(36-23)26(19-14-15-19)32-33(3)29(24)35)18(2)34(31-17)27(20-10-6-4-7-11-20)21-12-8-5-9-13-21/h4-13,19,27H,14-16H2,1-3H3. The molecule has 6 rings (SSSR count). The van der Waals surface area contributed by atoms with Gasteiger partial charge in [-0.05, 0) is 53.7 Å². The van der Waals surface area contributed by atoms with Crippen LogP contribution in [0.25, 0.3) is 10.1 Å². The molecule has 0 saturated heterocycles. The van der Waals surface area contributed by atoms with E-state index in [1.165, 1.54) is 21.4 Å². The largest absolute Gasteiger partial charge is 0.276 e. The molecule has 0 aliphatic heterocycles. The molecule has 5 aromatic rings. The molecule has 0 atom stereocenters.